The lowest BCUT2D eigenvalue weighted by molar-refractivity contribution is -0.121. The highest BCUT2D eigenvalue weighted by Crippen LogP contribution is 2.20. The Labute approximate surface area is 103 Å². The van der Waals surface area contributed by atoms with E-state index in [2.05, 4.69) is 0 Å². The largest absolute Gasteiger partial charge is 0.484 e. The first-order valence-electron chi connectivity index (χ1n) is 5.17. The average Bonchev–Trinajstić information content (AvgIpc) is 2.25. The second-order valence-corrected chi connectivity index (χ2v) is 3.67. The fraction of sp³-hybridized carbons (Fsp3) is 0.273. The Morgan fingerprint density at radius 3 is 2.67 bits per heavy atom. The van der Waals surface area contributed by atoms with Gasteiger partial charge in [-0.2, -0.15) is 0 Å². The van der Waals surface area contributed by atoms with E-state index in [1.54, 1.807) is 6.92 Å². The molecule has 0 saturated carbocycles. The molecule has 0 fully saturated rings. The second-order valence-electron chi connectivity index (χ2n) is 3.67. The number of nitrogens with one attached hydrogen (secondary N) is 1. The number of nitrogens with two attached hydrogens (primary N) is 2. The van der Waals surface area contributed by atoms with E-state index in [1.807, 2.05) is 5.32 Å². The van der Waals surface area contributed by atoms with Crippen LogP contribution in [0.4, 0.5) is 9.18 Å². The minimum absolute atomic E-state index is 0.163. The first kappa shape index (κ1) is 13.9. The highest BCUT2D eigenvalue weighted by Gasteiger charge is 2.09. The fourth-order valence-corrected chi connectivity index (χ4v) is 1.29. The summed E-state index contributed by atoms with van der Waals surface area (Å²) in [5.41, 5.74) is 10.6. The fourth-order valence-electron chi connectivity index (χ4n) is 1.29. The first-order chi connectivity index (χ1) is 8.40. The van der Waals surface area contributed by atoms with E-state index in [1.165, 1.54) is 12.1 Å². The molecular weight excluding hydrogens is 241 g/mol. The van der Waals surface area contributed by atoms with Crippen molar-refractivity contribution >= 4 is 11.9 Å². The lowest BCUT2D eigenvalue weighted by atomic mass is 10.1. The zero-order valence-electron chi connectivity index (χ0n) is 9.77. The zero-order valence-corrected chi connectivity index (χ0v) is 9.77. The van der Waals surface area contributed by atoms with E-state index in [0.29, 0.717) is 5.56 Å². The van der Waals surface area contributed by atoms with Crippen LogP contribution < -0.4 is 21.5 Å². The number of ether oxygens (including phenoxy) is 1. The van der Waals surface area contributed by atoms with Gasteiger partial charge in [0, 0.05) is 17.7 Å². The normalized spacial score (nSPS) is 11.7. The number of primary amides is 1. The molecule has 5 N–H and O–H groups in total. The van der Waals surface area contributed by atoms with Crippen LogP contribution in [0.5, 0.6) is 5.75 Å². The van der Waals surface area contributed by atoms with Crippen LogP contribution in [-0.2, 0) is 4.79 Å². The average molecular weight is 255 g/mol. The van der Waals surface area contributed by atoms with E-state index in [0.717, 1.165) is 6.07 Å². The molecule has 0 aromatic heterocycles. The third-order valence-corrected chi connectivity index (χ3v) is 2.10. The molecule has 0 saturated heterocycles. The topological polar surface area (TPSA) is 107 Å². The van der Waals surface area contributed by atoms with Gasteiger partial charge in [0.2, 0.25) is 0 Å². The van der Waals surface area contributed by atoms with Gasteiger partial charge in [-0.05, 0) is 13.0 Å². The van der Waals surface area contributed by atoms with Gasteiger partial charge in [0.05, 0.1) is 0 Å². The van der Waals surface area contributed by atoms with Crippen molar-refractivity contribution in [3.8, 4) is 5.75 Å². The molecule has 98 valence electrons. The van der Waals surface area contributed by atoms with Gasteiger partial charge < -0.3 is 16.2 Å². The molecule has 0 aliphatic rings. The van der Waals surface area contributed by atoms with Crippen LogP contribution in [-0.4, -0.2) is 18.5 Å². The van der Waals surface area contributed by atoms with Gasteiger partial charge in [0.15, 0.2) is 6.61 Å². The van der Waals surface area contributed by atoms with Gasteiger partial charge in [-0.25, -0.2) is 9.18 Å². The predicted molar refractivity (Wildman–Crippen MR) is 62.2 cm³/mol. The monoisotopic (exact) mass is 255 g/mol. The summed E-state index contributed by atoms with van der Waals surface area (Å²) in [5.74, 6) is -1.06. The van der Waals surface area contributed by atoms with E-state index in [-0.39, 0.29) is 5.75 Å². The molecule has 0 aliphatic heterocycles. The minimum Gasteiger partial charge on any atom is -0.484 e. The molecule has 7 heteroatoms. The number of halogens is 1. The van der Waals surface area contributed by atoms with E-state index in [9.17, 15) is 14.0 Å². The van der Waals surface area contributed by atoms with Crippen molar-refractivity contribution in [1.82, 2.24) is 5.32 Å². The molecule has 0 spiro atoms. The summed E-state index contributed by atoms with van der Waals surface area (Å²) < 4.78 is 18.5. The van der Waals surface area contributed by atoms with Gasteiger partial charge in [-0.1, -0.05) is 6.07 Å². The van der Waals surface area contributed by atoms with Crippen molar-refractivity contribution in [2.75, 3.05) is 6.61 Å². The molecule has 1 aromatic rings. The molecule has 18 heavy (non-hydrogen) atoms. The number of imide groups is 1. The number of amides is 3. The van der Waals surface area contributed by atoms with Crippen molar-refractivity contribution in [1.29, 1.82) is 0 Å². The smallest absolute Gasteiger partial charge is 0.318 e. The lowest BCUT2D eigenvalue weighted by Crippen LogP contribution is -2.38. The summed E-state index contributed by atoms with van der Waals surface area (Å²) in [7, 11) is 0. The molecule has 0 heterocycles. The van der Waals surface area contributed by atoms with Crippen molar-refractivity contribution in [3.63, 3.8) is 0 Å². The number of urea groups is 1. The van der Waals surface area contributed by atoms with E-state index >= 15 is 0 Å². The minimum atomic E-state index is -0.970. The summed E-state index contributed by atoms with van der Waals surface area (Å²) in [6, 6.07) is 2.68. The Bertz CT molecular complexity index is 463. The molecular formula is C11H14FN3O3. The van der Waals surface area contributed by atoms with E-state index < -0.39 is 30.4 Å². The molecule has 1 rings (SSSR count). The van der Waals surface area contributed by atoms with E-state index in [4.69, 9.17) is 16.2 Å². The molecule has 0 radical (unpaired) electrons. The van der Waals surface area contributed by atoms with Gasteiger partial charge in [-0.15, -0.1) is 0 Å². The second kappa shape index (κ2) is 5.97. The molecule has 3 amide bonds. The Kier molecular flexibility index (Phi) is 4.61. The number of hydrogen-bond acceptors (Lipinski definition) is 4. The molecule has 1 unspecified atom stereocenters. The Morgan fingerprint density at radius 1 is 1.50 bits per heavy atom. The third kappa shape index (κ3) is 4.02. The zero-order chi connectivity index (χ0) is 13.7. The summed E-state index contributed by atoms with van der Waals surface area (Å²) in [6.07, 6.45) is 0. The van der Waals surface area contributed by atoms with Gasteiger partial charge in [0.25, 0.3) is 5.91 Å². The van der Waals surface area contributed by atoms with Gasteiger partial charge >= 0.3 is 6.03 Å². The maximum absolute atomic E-state index is 13.5. The van der Waals surface area contributed by atoms with Crippen molar-refractivity contribution < 1.29 is 18.7 Å². The van der Waals surface area contributed by atoms with Crippen molar-refractivity contribution in [3.05, 3.63) is 29.6 Å². The number of carbonyl (C=O) groups is 2. The summed E-state index contributed by atoms with van der Waals surface area (Å²) in [6.45, 7) is 1.22. The highest BCUT2D eigenvalue weighted by atomic mass is 19.1. The summed E-state index contributed by atoms with van der Waals surface area (Å²) in [4.78, 5) is 21.4. The van der Waals surface area contributed by atoms with Crippen LogP contribution in [0.3, 0.4) is 0 Å². The number of benzene rings is 1. The Morgan fingerprint density at radius 2 is 2.17 bits per heavy atom. The maximum atomic E-state index is 13.5. The quantitative estimate of drug-likeness (QED) is 0.724. The van der Waals surface area contributed by atoms with Crippen LogP contribution in [0, 0.1) is 5.82 Å². The SMILES string of the molecule is CC(N)c1ccc(OCC(=O)NC(N)=O)cc1F. The number of rotatable bonds is 4. The first-order valence-corrected chi connectivity index (χ1v) is 5.17. The molecule has 6 nitrogen and oxygen atoms in total. The van der Waals surface area contributed by atoms with Crippen LogP contribution in [0.15, 0.2) is 18.2 Å². The van der Waals surface area contributed by atoms with Crippen LogP contribution in [0.25, 0.3) is 0 Å². The molecule has 1 aromatic carbocycles. The van der Waals surface area contributed by atoms with Crippen molar-refractivity contribution in [2.45, 2.75) is 13.0 Å². The highest BCUT2D eigenvalue weighted by molar-refractivity contribution is 5.94. The maximum Gasteiger partial charge on any atom is 0.318 e. The lowest BCUT2D eigenvalue weighted by Gasteiger charge is -2.10. The van der Waals surface area contributed by atoms with Crippen LogP contribution >= 0.6 is 0 Å². The standard InChI is InChI=1S/C11H14FN3O3/c1-6(13)8-3-2-7(4-9(8)12)18-5-10(16)15-11(14)17/h2-4,6H,5,13H2,1H3,(H3,14,15,16,17). The van der Waals surface area contributed by atoms with Gasteiger partial charge in [-0.3, -0.25) is 10.1 Å². The number of hydrogen-bond donors (Lipinski definition) is 3. The van der Waals surface area contributed by atoms with Crippen LogP contribution in [0.1, 0.15) is 18.5 Å². The molecule has 0 bridgehead atoms. The Balaban J connectivity index is 2.61. The van der Waals surface area contributed by atoms with Crippen LogP contribution in [0.2, 0.25) is 0 Å². The summed E-state index contributed by atoms with van der Waals surface area (Å²) >= 11 is 0. The molecule has 0 aliphatic carbocycles. The Hall–Kier alpha value is -2.15. The van der Waals surface area contributed by atoms with Gasteiger partial charge in [0.1, 0.15) is 11.6 Å². The third-order valence-electron chi connectivity index (χ3n) is 2.10. The molecule has 1 atom stereocenters. The van der Waals surface area contributed by atoms with Crippen molar-refractivity contribution in [2.24, 2.45) is 11.5 Å². The number of carbonyl (C=O) groups excluding carboxylic acids is 2. The predicted octanol–water partition coefficient (Wildman–Crippen LogP) is 0.419. The summed E-state index contributed by atoms with van der Waals surface area (Å²) in [5, 5.41) is 1.82.